The Labute approximate surface area is 91.2 Å². The van der Waals surface area contributed by atoms with Gasteiger partial charge in [-0.1, -0.05) is 0 Å². The first-order valence-electron chi connectivity index (χ1n) is 4.67. The Hall–Kier alpha value is -2.24. The van der Waals surface area contributed by atoms with Crippen molar-refractivity contribution in [3.63, 3.8) is 0 Å². The summed E-state index contributed by atoms with van der Waals surface area (Å²) in [5, 5.41) is 0. The van der Waals surface area contributed by atoms with Gasteiger partial charge < -0.3 is 0 Å². The van der Waals surface area contributed by atoms with E-state index < -0.39 is 0 Å². The predicted molar refractivity (Wildman–Crippen MR) is 56.7 cm³/mol. The van der Waals surface area contributed by atoms with Crippen molar-refractivity contribution in [2.75, 3.05) is 0 Å². The maximum Gasteiger partial charge on any atom is 0.334 e. The van der Waals surface area contributed by atoms with E-state index in [1.807, 2.05) is 0 Å². The molecule has 6 nitrogen and oxygen atoms in total. The second-order valence-corrected chi connectivity index (χ2v) is 3.35. The molecule has 0 unspecified atom stereocenters. The monoisotopic (exact) mass is 218 g/mol. The first-order chi connectivity index (χ1) is 7.63. The highest BCUT2D eigenvalue weighted by molar-refractivity contribution is 5.71. The molecular formula is C10H10N4O2. The third-order valence-electron chi connectivity index (χ3n) is 2.27. The van der Waals surface area contributed by atoms with Gasteiger partial charge in [0.2, 0.25) is 0 Å². The summed E-state index contributed by atoms with van der Waals surface area (Å²) in [6.07, 6.45) is 3.65. The van der Waals surface area contributed by atoms with Crippen LogP contribution in [0.5, 0.6) is 0 Å². The highest BCUT2D eigenvalue weighted by atomic mass is 16.2. The number of aldehydes is 1. The van der Waals surface area contributed by atoms with E-state index in [2.05, 4.69) is 9.97 Å². The van der Waals surface area contributed by atoms with Crippen LogP contribution < -0.4 is 5.69 Å². The van der Waals surface area contributed by atoms with Gasteiger partial charge in [-0.25, -0.2) is 14.8 Å². The second kappa shape index (κ2) is 3.73. The standard InChI is InChI=1S/C10H10N4O2/c1-7-11-4-3-9(12-7)14-5-8(6-15)13(2)10(14)16/h3-6H,1-2H3. The van der Waals surface area contributed by atoms with E-state index in [1.165, 1.54) is 22.4 Å². The third kappa shape index (κ3) is 1.54. The quantitative estimate of drug-likeness (QED) is 0.670. The third-order valence-corrected chi connectivity index (χ3v) is 2.27. The van der Waals surface area contributed by atoms with Crippen molar-refractivity contribution in [2.24, 2.45) is 7.05 Å². The molecule has 0 N–H and O–H groups in total. The van der Waals surface area contributed by atoms with Crippen LogP contribution >= 0.6 is 0 Å². The fraction of sp³-hybridized carbons (Fsp3) is 0.200. The molecule has 0 aliphatic heterocycles. The zero-order valence-electron chi connectivity index (χ0n) is 8.91. The zero-order valence-corrected chi connectivity index (χ0v) is 8.91. The van der Waals surface area contributed by atoms with Crippen LogP contribution in [0.3, 0.4) is 0 Å². The molecule has 0 aromatic carbocycles. The van der Waals surface area contributed by atoms with Gasteiger partial charge in [-0.05, 0) is 13.0 Å². The topological polar surface area (TPSA) is 69.8 Å². The Bertz CT molecular complexity index is 597. The van der Waals surface area contributed by atoms with Gasteiger partial charge >= 0.3 is 5.69 Å². The summed E-state index contributed by atoms with van der Waals surface area (Å²) in [6, 6.07) is 1.61. The molecule has 0 saturated heterocycles. The lowest BCUT2D eigenvalue weighted by Gasteiger charge is -1.99. The van der Waals surface area contributed by atoms with Crippen molar-refractivity contribution < 1.29 is 4.79 Å². The summed E-state index contributed by atoms with van der Waals surface area (Å²) < 4.78 is 2.59. The normalized spacial score (nSPS) is 10.4. The Morgan fingerprint density at radius 3 is 2.75 bits per heavy atom. The van der Waals surface area contributed by atoms with E-state index in [9.17, 15) is 9.59 Å². The molecule has 0 atom stereocenters. The second-order valence-electron chi connectivity index (χ2n) is 3.35. The lowest BCUT2D eigenvalue weighted by molar-refractivity contribution is 0.111. The van der Waals surface area contributed by atoms with Crippen molar-refractivity contribution in [1.29, 1.82) is 0 Å². The molecule has 0 spiro atoms. The Balaban J connectivity index is 2.65. The summed E-state index contributed by atoms with van der Waals surface area (Å²) >= 11 is 0. The molecule has 2 heterocycles. The molecule has 6 heteroatoms. The van der Waals surface area contributed by atoms with Crippen LogP contribution in [0, 0.1) is 6.92 Å². The van der Waals surface area contributed by atoms with Crippen molar-refractivity contribution in [2.45, 2.75) is 6.92 Å². The van der Waals surface area contributed by atoms with Crippen LogP contribution in [0.2, 0.25) is 0 Å². The Kier molecular flexibility index (Phi) is 2.40. The Morgan fingerprint density at radius 2 is 2.19 bits per heavy atom. The molecule has 2 aromatic heterocycles. The van der Waals surface area contributed by atoms with Crippen LogP contribution in [-0.4, -0.2) is 25.4 Å². The lowest BCUT2D eigenvalue weighted by Crippen LogP contribution is -2.22. The first kappa shape index (κ1) is 10.3. The van der Waals surface area contributed by atoms with Crippen LogP contribution in [0.25, 0.3) is 5.82 Å². The van der Waals surface area contributed by atoms with E-state index in [4.69, 9.17) is 0 Å². The van der Waals surface area contributed by atoms with Gasteiger partial charge in [0.15, 0.2) is 6.29 Å². The average molecular weight is 218 g/mol. The van der Waals surface area contributed by atoms with Gasteiger partial charge in [0, 0.05) is 19.4 Å². The minimum absolute atomic E-state index is 0.305. The minimum Gasteiger partial charge on any atom is -0.296 e. The molecule has 0 fully saturated rings. The van der Waals surface area contributed by atoms with E-state index in [0.29, 0.717) is 23.6 Å². The maximum absolute atomic E-state index is 11.8. The highest BCUT2D eigenvalue weighted by Gasteiger charge is 2.09. The molecule has 2 aromatic rings. The van der Waals surface area contributed by atoms with Crippen LogP contribution in [0.1, 0.15) is 16.3 Å². The van der Waals surface area contributed by atoms with Crippen molar-refractivity contribution >= 4 is 6.29 Å². The molecule has 0 bridgehead atoms. The highest BCUT2D eigenvalue weighted by Crippen LogP contribution is 2.02. The van der Waals surface area contributed by atoms with Crippen molar-refractivity contribution in [1.82, 2.24) is 19.1 Å². The summed E-state index contributed by atoms with van der Waals surface area (Å²) in [4.78, 5) is 30.5. The minimum atomic E-state index is -0.305. The van der Waals surface area contributed by atoms with Gasteiger partial charge in [-0.3, -0.25) is 13.9 Å². The predicted octanol–water partition coefficient (Wildman–Crippen LogP) is 0.0869. The number of carbonyl (C=O) groups excluding carboxylic acids is 1. The fourth-order valence-electron chi connectivity index (χ4n) is 1.40. The van der Waals surface area contributed by atoms with E-state index in [0.717, 1.165) is 0 Å². The van der Waals surface area contributed by atoms with E-state index >= 15 is 0 Å². The lowest BCUT2D eigenvalue weighted by atomic mass is 10.5. The van der Waals surface area contributed by atoms with Gasteiger partial charge in [-0.15, -0.1) is 0 Å². The molecular weight excluding hydrogens is 208 g/mol. The fourth-order valence-corrected chi connectivity index (χ4v) is 1.40. The van der Waals surface area contributed by atoms with Crippen molar-refractivity contribution in [3.05, 3.63) is 40.5 Å². The molecule has 16 heavy (non-hydrogen) atoms. The number of rotatable bonds is 2. The zero-order chi connectivity index (χ0) is 11.7. The van der Waals surface area contributed by atoms with Gasteiger partial charge in [0.25, 0.3) is 0 Å². The largest absolute Gasteiger partial charge is 0.334 e. The number of aromatic nitrogens is 4. The SMILES string of the molecule is Cc1nccc(-n2cc(C=O)n(C)c2=O)n1. The molecule has 82 valence electrons. The summed E-state index contributed by atoms with van der Waals surface area (Å²) in [5.41, 5.74) is 0.00136. The molecule has 2 rings (SSSR count). The van der Waals surface area contributed by atoms with Crippen LogP contribution in [0.15, 0.2) is 23.3 Å². The molecule has 0 aliphatic carbocycles. The number of carbonyl (C=O) groups is 1. The number of imidazole rings is 1. The first-order valence-corrected chi connectivity index (χ1v) is 4.67. The smallest absolute Gasteiger partial charge is 0.296 e. The van der Waals surface area contributed by atoms with Gasteiger partial charge in [0.05, 0.1) is 0 Å². The average Bonchev–Trinajstić information content (AvgIpc) is 2.56. The number of hydrogen-bond acceptors (Lipinski definition) is 4. The van der Waals surface area contributed by atoms with E-state index in [-0.39, 0.29) is 5.69 Å². The van der Waals surface area contributed by atoms with Crippen LogP contribution in [-0.2, 0) is 7.05 Å². The summed E-state index contributed by atoms with van der Waals surface area (Å²) in [5.74, 6) is 1.03. The van der Waals surface area contributed by atoms with Crippen molar-refractivity contribution in [3.8, 4) is 5.82 Å². The molecule has 0 saturated carbocycles. The molecule has 0 radical (unpaired) electrons. The maximum atomic E-state index is 11.8. The number of hydrogen-bond donors (Lipinski definition) is 0. The van der Waals surface area contributed by atoms with Gasteiger partial charge in [0.1, 0.15) is 17.3 Å². The Morgan fingerprint density at radius 1 is 1.44 bits per heavy atom. The summed E-state index contributed by atoms with van der Waals surface area (Å²) in [7, 11) is 1.54. The number of aryl methyl sites for hydroxylation is 1. The number of nitrogens with zero attached hydrogens (tertiary/aromatic N) is 4. The summed E-state index contributed by atoms with van der Waals surface area (Å²) in [6.45, 7) is 1.73. The molecule has 0 aliphatic rings. The van der Waals surface area contributed by atoms with Gasteiger partial charge in [-0.2, -0.15) is 0 Å². The molecule has 0 amide bonds. The van der Waals surface area contributed by atoms with Crippen LogP contribution in [0.4, 0.5) is 0 Å². The van der Waals surface area contributed by atoms with E-state index in [1.54, 1.807) is 19.2 Å².